The van der Waals surface area contributed by atoms with Gasteiger partial charge in [-0.25, -0.2) is 0 Å². The van der Waals surface area contributed by atoms with E-state index in [0.29, 0.717) is 5.56 Å². The third-order valence-corrected chi connectivity index (χ3v) is 6.81. The highest BCUT2D eigenvalue weighted by molar-refractivity contribution is 6.02. The second-order valence-electron chi connectivity index (χ2n) is 8.63. The molecule has 5 rings (SSSR count). The summed E-state index contributed by atoms with van der Waals surface area (Å²) in [6.45, 7) is 0. The van der Waals surface area contributed by atoms with Crippen molar-refractivity contribution < 1.29 is 9.59 Å². The molecule has 3 aromatic rings. The van der Waals surface area contributed by atoms with Crippen molar-refractivity contribution in [1.29, 1.82) is 0 Å². The molecule has 2 aliphatic rings. The van der Waals surface area contributed by atoms with E-state index >= 15 is 0 Å². The van der Waals surface area contributed by atoms with Crippen molar-refractivity contribution >= 4 is 22.7 Å². The molecule has 1 aliphatic heterocycles. The summed E-state index contributed by atoms with van der Waals surface area (Å²) in [5.74, 6) is -0.449. The van der Waals surface area contributed by atoms with Crippen LogP contribution in [0, 0.1) is 0 Å². The Balaban J connectivity index is 1.66. The van der Waals surface area contributed by atoms with Gasteiger partial charge < -0.3 is 14.8 Å². The lowest BCUT2D eigenvalue weighted by Crippen LogP contribution is -2.47. The first-order chi connectivity index (χ1) is 14.6. The first-order valence-corrected chi connectivity index (χ1v) is 10.8. The molecule has 1 fully saturated rings. The van der Waals surface area contributed by atoms with E-state index < -0.39 is 5.92 Å². The van der Waals surface area contributed by atoms with E-state index in [0.717, 1.165) is 47.7 Å². The zero-order valence-corrected chi connectivity index (χ0v) is 17.5. The zero-order valence-electron chi connectivity index (χ0n) is 17.5. The fourth-order valence-electron chi connectivity index (χ4n) is 5.32. The molecule has 0 spiro atoms. The molecule has 2 heterocycles. The minimum atomic E-state index is -0.435. The number of para-hydroxylation sites is 1. The van der Waals surface area contributed by atoms with Crippen LogP contribution in [-0.2, 0) is 11.8 Å². The molecule has 5 nitrogen and oxygen atoms in total. The molecule has 2 amide bonds. The van der Waals surface area contributed by atoms with Gasteiger partial charge in [-0.1, -0.05) is 49.2 Å². The number of benzene rings is 2. The van der Waals surface area contributed by atoms with Crippen molar-refractivity contribution in [2.75, 3.05) is 7.05 Å². The second kappa shape index (κ2) is 7.31. The van der Waals surface area contributed by atoms with Crippen LogP contribution in [0.4, 0.5) is 0 Å². The lowest BCUT2D eigenvalue weighted by atomic mass is 9.79. The van der Waals surface area contributed by atoms with Crippen molar-refractivity contribution in [3.05, 3.63) is 71.4 Å². The lowest BCUT2D eigenvalue weighted by Gasteiger charge is -2.40. The maximum atomic E-state index is 13.6. The van der Waals surface area contributed by atoms with Crippen molar-refractivity contribution in [3.8, 4) is 0 Å². The Labute approximate surface area is 176 Å². The fourth-order valence-corrected chi connectivity index (χ4v) is 5.32. The van der Waals surface area contributed by atoms with Crippen LogP contribution in [0.5, 0.6) is 0 Å². The number of rotatable bonds is 3. The molecule has 0 bridgehead atoms. The van der Waals surface area contributed by atoms with Crippen LogP contribution in [0.2, 0.25) is 0 Å². The predicted molar refractivity (Wildman–Crippen MR) is 117 cm³/mol. The van der Waals surface area contributed by atoms with Gasteiger partial charge in [0.05, 0.1) is 12.0 Å². The third-order valence-electron chi connectivity index (χ3n) is 6.81. The minimum absolute atomic E-state index is 0.0200. The summed E-state index contributed by atoms with van der Waals surface area (Å²) in [5, 5.41) is 4.38. The van der Waals surface area contributed by atoms with Crippen LogP contribution < -0.4 is 5.32 Å². The van der Waals surface area contributed by atoms with Crippen LogP contribution >= 0.6 is 0 Å². The topological polar surface area (TPSA) is 54.3 Å². The average molecular weight is 402 g/mol. The number of nitrogens with zero attached hydrogens (tertiary/aromatic N) is 2. The van der Waals surface area contributed by atoms with Gasteiger partial charge in [0.1, 0.15) is 0 Å². The monoisotopic (exact) mass is 401 g/mol. The fraction of sp³-hybridized carbons (Fsp3) is 0.360. The van der Waals surface area contributed by atoms with Crippen molar-refractivity contribution in [2.45, 2.75) is 43.7 Å². The van der Waals surface area contributed by atoms with Gasteiger partial charge in [-0.05, 0) is 30.5 Å². The highest BCUT2D eigenvalue weighted by atomic mass is 16.2. The second-order valence-corrected chi connectivity index (χ2v) is 8.63. The molecule has 1 aliphatic carbocycles. The molecule has 1 aromatic heterocycles. The number of amides is 2. The first-order valence-electron chi connectivity index (χ1n) is 10.8. The summed E-state index contributed by atoms with van der Waals surface area (Å²) >= 11 is 0. The third kappa shape index (κ3) is 2.92. The molecule has 1 N–H and O–H groups in total. The standard InChI is InChI=1S/C25H27N3O2/c1-27-15-20(17-11-7-8-14-21(17)27)23-22(24(29)26-16-9-3-4-10-16)18-12-5-6-13-19(18)25(30)28(23)2/h5-8,11-16,22-23H,3-4,9-10H2,1-2H3,(H,26,29). The lowest BCUT2D eigenvalue weighted by molar-refractivity contribution is -0.124. The van der Waals surface area contributed by atoms with Crippen LogP contribution in [0.25, 0.3) is 10.9 Å². The quantitative estimate of drug-likeness (QED) is 0.717. The number of fused-ring (bicyclic) bond motifs is 2. The first kappa shape index (κ1) is 18.9. The minimum Gasteiger partial charge on any atom is -0.353 e. The van der Waals surface area contributed by atoms with Gasteiger partial charge in [0, 0.05) is 48.4 Å². The number of likely N-dealkylation sites (N-methyl/N-ethyl adjacent to an activating group) is 1. The Kier molecular flexibility index (Phi) is 4.61. The number of hydrogen-bond donors (Lipinski definition) is 1. The van der Waals surface area contributed by atoms with Gasteiger partial charge in [-0.15, -0.1) is 0 Å². The molecule has 0 saturated heterocycles. The highest BCUT2D eigenvalue weighted by Gasteiger charge is 2.44. The summed E-state index contributed by atoms with van der Waals surface area (Å²) < 4.78 is 2.08. The molecule has 2 unspecified atom stereocenters. The van der Waals surface area contributed by atoms with Crippen molar-refractivity contribution in [2.24, 2.45) is 7.05 Å². The van der Waals surface area contributed by atoms with Crippen molar-refractivity contribution in [3.63, 3.8) is 0 Å². The van der Waals surface area contributed by atoms with E-state index in [1.54, 1.807) is 4.90 Å². The largest absolute Gasteiger partial charge is 0.353 e. The van der Waals surface area contributed by atoms with E-state index in [2.05, 4.69) is 28.2 Å². The zero-order chi connectivity index (χ0) is 20.8. The number of carbonyl (C=O) groups excluding carboxylic acids is 2. The van der Waals surface area contributed by atoms with Gasteiger partial charge in [-0.3, -0.25) is 9.59 Å². The van der Waals surface area contributed by atoms with Gasteiger partial charge in [0.25, 0.3) is 5.91 Å². The molecule has 2 atom stereocenters. The maximum absolute atomic E-state index is 13.6. The number of carbonyl (C=O) groups is 2. The Hall–Kier alpha value is -3.08. The Morgan fingerprint density at radius 1 is 0.967 bits per heavy atom. The van der Waals surface area contributed by atoms with E-state index in [1.165, 1.54) is 0 Å². The molecular formula is C25H27N3O2. The normalized spacial score (nSPS) is 21.8. The Morgan fingerprint density at radius 3 is 2.47 bits per heavy atom. The van der Waals surface area contributed by atoms with E-state index in [-0.39, 0.29) is 23.9 Å². The van der Waals surface area contributed by atoms with Crippen LogP contribution in [0.3, 0.4) is 0 Å². The molecule has 154 valence electrons. The summed E-state index contributed by atoms with van der Waals surface area (Å²) in [7, 11) is 3.83. The Morgan fingerprint density at radius 2 is 1.67 bits per heavy atom. The summed E-state index contributed by atoms with van der Waals surface area (Å²) in [5.41, 5.74) is 3.57. The average Bonchev–Trinajstić information content (AvgIpc) is 3.38. The van der Waals surface area contributed by atoms with E-state index in [4.69, 9.17) is 0 Å². The van der Waals surface area contributed by atoms with Crippen LogP contribution in [0.1, 0.15) is 59.1 Å². The van der Waals surface area contributed by atoms with Gasteiger partial charge in [0.15, 0.2) is 0 Å². The van der Waals surface area contributed by atoms with Crippen LogP contribution in [-0.4, -0.2) is 34.4 Å². The molecule has 5 heteroatoms. The molecule has 1 saturated carbocycles. The van der Waals surface area contributed by atoms with Crippen LogP contribution in [0.15, 0.2) is 54.7 Å². The summed E-state index contributed by atoms with van der Waals surface area (Å²) in [4.78, 5) is 28.6. The van der Waals surface area contributed by atoms with Crippen molar-refractivity contribution in [1.82, 2.24) is 14.8 Å². The number of aryl methyl sites for hydroxylation is 1. The molecular weight excluding hydrogens is 374 g/mol. The summed E-state index contributed by atoms with van der Waals surface area (Å²) in [6, 6.07) is 15.6. The van der Waals surface area contributed by atoms with Gasteiger partial charge in [-0.2, -0.15) is 0 Å². The van der Waals surface area contributed by atoms with E-state index in [9.17, 15) is 9.59 Å². The van der Waals surface area contributed by atoms with E-state index in [1.807, 2.05) is 50.5 Å². The molecule has 30 heavy (non-hydrogen) atoms. The highest BCUT2D eigenvalue weighted by Crippen LogP contribution is 2.44. The summed E-state index contributed by atoms with van der Waals surface area (Å²) in [6.07, 6.45) is 6.47. The smallest absolute Gasteiger partial charge is 0.254 e. The number of aromatic nitrogens is 1. The molecule has 2 aromatic carbocycles. The number of nitrogens with one attached hydrogen (secondary N) is 1. The Bertz CT molecular complexity index is 1130. The van der Waals surface area contributed by atoms with Gasteiger partial charge in [0.2, 0.25) is 5.91 Å². The molecule has 0 radical (unpaired) electrons. The van der Waals surface area contributed by atoms with Gasteiger partial charge >= 0.3 is 0 Å². The number of hydrogen-bond acceptors (Lipinski definition) is 2. The predicted octanol–water partition coefficient (Wildman–Crippen LogP) is 4.15. The SMILES string of the molecule is CN1C(=O)c2ccccc2C(C(=O)NC2CCCC2)C1c1cn(C)c2ccccc12. The maximum Gasteiger partial charge on any atom is 0.254 e.